The molecule has 10 heteroatoms. The summed E-state index contributed by atoms with van der Waals surface area (Å²) in [6.45, 7) is 2.98. The van der Waals surface area contributed by atoms with E-state index in [1.165, 1.54) is 37.3 Å². The summed E-state index contributed by atoms with van der Waals surface area (Å²) in [6, 6.07) is 13.4. The minimum Gasteiger partial charge on any atom is -0.484 e. The molecule has 1 amide bonds. The Balaban J connectivity index is 0.00000361. The molecule has 36 heavy (non-hydrogen) atoms. The average molecular weight is 505 g/mol. The maximum absolute atomic E-state index is 13.7. The maximum atomic E-state index is 13.7. The SMILES string of the molecule is C.Cc1cc(F)ccc1[C@@H](Oc1ccc2c(cnn2-c2ccc(F)cc2)c1)[C@H](C)NC(=O)C(F)(F)F. The van der Waals surface area contributed by atoms with Crippen molar-refractivity contribution in [3.8, 4) is 11.4 Å². The number of nitrogens with one attached hydrogen (secondary N) is 1. The van der Waals surface area contributed by atoms with Crippen molar-refractivity contribution >= 4 is 16.8 Å². The van der Waals surface area contributed by atoms with Gasteiger partial charge in [-0.2, -0.15) is 18.3 Å². The van der Waals surface area contributed by atoms with Crippen molar-refractivity contribution in [1.29, 1.82) is 0 Å². The molecular weight excluding hydrogens is 481 g/mol. The van der Waals surface area contributed by atoms with Gasteiger partial charge in [-0.25, -0.2) is 13.5 Å². The van der Waals surface area contributed by atoms with Crippen molar-refractivity contribution < 1.29 is 31.5 Å². The van der Waals surface area contributed by atoms with Crippen LogP contribution in [0.5, 0.6) is 5.75 Å². The zero-order valence-corrected chi connectivity index (χ0v) is 18.6. The molecule has 0 radical (unpaired) electrons. The zero-order valence-electron chi connectivity index (χ0n) is 18.6. The Kier molecular flexibility index (Phi) is 7.66. The van der Waals surface area contributed by atoms with Gasteiger partial charge in [0.05, 0.1) is 23.4 Å². The van der Waals surface area contributed by atoms with Crippen LogP contribution in [0, 0.1) is 18.6 Å². The summed E-state index contributed by atoms with van der Waals surface area (Å²) in [5, 5.41) is 6.89. The van der Waals surface area contributed by atoms with Gasteiger partial charge in [0.15, 0.2) is 0 Å². The molecule has 1 heterocycles. The van der Waals surface area contributed by atoms with Crippen molar-refractivity contribution in [3.63, 3.8) is 0 Å². The molecular formula is C26H24F5N3O2. The molecule has 190 valence electrons. The molecule has 4 aromatic rings. The quantitative estimate of drug-likeness (QED) is 0.307. The topological polar surface area (TPSA) is 56.1 Å². The predicted molar refractivity (Wildman–Crippen MR) is 126 cm³/mol. The van der Waals surface area contributed by atoms with E-state index in [9.17, 15) is 26.7 Å². The number of fused-ring (bicyclic) bond motifs is 1. The van der Waals surface area contributed by atoms with E-state index in [1.807, 2.05) is 5.32 Å². The molecule has 0 aliphatic heterocycles. The average Bonchev–Trinajstić information content (AvgIpc) is 3.21. The third-order valence-electron chi connectivity index (χ3n) is 5.48. The number of carbonyl (C=O) groups excluding carboxylic acids is 1. The summed E-state index contributed by atoms with van der Waals surface area (Å²) in [6.07, 6.45) is -4.55. The van der Waals surface area contributed by atoms with Crippen LogP contribution in [0.2, 0.25) is 0 Å². The first-order valence-corrected chi connectivity index (χ1v) is 10.6. The summed E-state index contributed by atoms with van der Waals surface area (Å²) in [5.74, 6) is -2.69. The number of ether oxygens (including phenoxy) is 1. The van der Waals surface area contributed by atoms with E-state index in [0.29, 0.717) is 33.5 Å². The number of hydrogen-bond donors (Lipinski definition) is 1. The Bertz CT molecular complexity index is 1370. The van der Waals surface area contributed by atoms with E-state index in [0.717, 1.165) is 0 Å². The second-order valence-electron chi connectivity index (χ2n) is 8.05. The van der Waals surface area contributed by atoms with Crippen molar-refractivity contribution in [2.24, 2.45) is 0 Å². The molecule has 0 fully saturated rings. The van der Waals surface area contributed by atoms with Crippen LogP contribution in [0.3, 0.4) is 0 Å². The van der Waals surface area contributed by atoms with Crippen molar-refractivity contribution in [3.05, 3.63) is 89.6 Å². The van der Waals surface area contributed by atoms with E-state index in [-0.39, 0.29) is 13.2 Å². The standard InChI is InChI=1S/C25H20F5N3O2.CH4/c1-14-11-18(27)5-9-21(14)23(15(2)32-24(34)25(28,29)30)35-20-8-10-22-16(12-20)13-31-33(22)19-6-3-17(26)4-7-19;/h3-13,15,23H,1-2H3,(H,32,34);1H4/t15-,23-;/m0./s1. The fourth-order valence-electron chi connectivity index (χ4n) is 3.78. The number of halogens is 5. The number of rotatable bonds is 6. The van der Waals surface area contributed by atoms with Crippen molar-refractivity contribution in [2.45, 2.75) is 39.6 Å². The van der Waals surface area contributed by atoms with Gasteiger partial charge >= 0.3 is 12.1 Å². The van der Waals surface area contributed by atoms with Gasteiger partial charge in [0, 0.05) is 5.39 Å². The molecule has 0 saturated carbocycles. The van der Waals surface area contributed by atoms with E-state index in [4.69, 9.17) is 4.74 Å². The number of aromatic nitrogens is 2. The summed E-state index contributed by atoms with van der Waals surface area (Å²) < 4.78 is 73.1. The van der Waals surface area contributed by atoms with Crippen LogP contribution in [-0.2, 0) is 4.79 Å². The Morgan fingerprint density at radius 3 is 2.31 bits per heavy atom. The largest absolute Gasteiger partial charge is 0.484 e. The monoisotopic (exact) mass is 505 g/mol. The lowest BCUT2D eigenvalue weighted by Gasteiger charge is -2.28. The highest BCUT2D eigenvalue weighted by molar-refractivity contribution is 5.82. The molecule has 4 rings (SSSR count). The number of hydrogen-bond acceptors (Lipinski definition) is 3. The number of alkyl halides is 3. The number of nitrogens with zero attached hydrogens (tertiary/aromatic N) is 2. The van der Waals surface area contributed by atoms with Gasteiger partial charge < -0.3 is 10.1 Å². The van der Waals surface area contributed by atoms with Crippen LogP contribution in [0.15, 0.2) is 66.9 Å². The lowest BCUT2D eigenvalue weighted by atomic mass is 9.98. The van der Waals surface area contributed by atoms with Crippen LogP contribution in [-0.4, -0.2) is 27.9 Å². The zero-order chi connectivity index (χ0) is 25.3. The molecule has 0 unspecified atom stereocenters. The number of aryl methyl sites for hydroxylation is 1. The molecule has 0 aliphatic carbocycles. The van der Waals surface area contributed by atoms with Gasteiger partial charge in [-0.05, 0) is 79.6 Å². The van der Waals surface area contributed by atoms with Gasteiger partial charge in [-0.15, -0.1) is 0 Å². The summed E-state index contributed by atoms with van der Waals surface area (Å²) >= 11 is 0. The Labute approximate surface area is 204 Å². The smallest absolute Gasteiger partial charge is 0.471 e. The second kappa shape index (κ2) is 10.3. The van der Waals surface area contributed by atoms with Crippen molar-refractivity contribution in [2.75, 3.05) is 0 Å². The van der Waals surface area contributed by atoms with Crippen LogP contribution < -0.4 is 10.1 Å². The molecule has 1 aromatic heterocycles. The lowest BCUT2D eigenvalue weighted by Crippen LogP contribution is -2.45. The fourth-order valence-corrected chi connectivity index (χ4v) is 3.78. The van der Waals surface area contributed by atoms with Gasteiger partial charge in [-0.1, -0.05) is 13.5 Å². The van der Waals surface area contributed by atoms with Gasteiger partial charge in [-0.3, -0.25) is 4.79 Å². The van der Waals surface area contributed by atoms with Crippen molar-refractivity contribution in [1.82, 2.24) is 15.1 Å². The second-order valence-corrected chi connectivity index (χ2v) is 8.05. The molecule has 3 aromatic carbocycles. The molecule has 1 N–H and O–H groups in total. The first-order chi connectivity index (χ1) is 16.5. The molecule has 0 bridgehead atoms. The number of amides is 1. The Morgan fingerprint density at radius 1 is 1.00 bits per heavy atom. The fraction of sp³-hybridized carbons (Fsp3) is 0.231. The van der Waals surface area contributed by atoms with Gasteiger partial charge in [0.2, 0.25) is 0 Å². The third-order valence-corrected chi connectivity index (χ3v) is 5.48. The van der Waals surface area contributed by atoms with Crippen LogP contribution in [0.4, 0.5) is 22.0 Å². The van der Waals surface area contributed by atoms with E-state index >= 15 is 0 Å². The van der Waals surface area contributed by atoms with Crippen LogP contribution >= 0.6 is 0 Å². The molecule has 0 saturated heterocycles. The highest BCUT2D eigenvalue weighted by atomic mass is 19.4. The highest BCUT2D eigenvalue weighted by Crippen LogP contribution is 2.31. The first-order valence-electron chi connectivity index (χ1n) is 10.6. The Hall–Kier alpha value is -3.95. The van der Waals surface area contributed by atoms with Crippen LogP contribution in [0.1, 0.15) is 31.6 Å². The van der Waals surface area contributed by atoms with Gasteiger partial charge in [0.25, 0.3) is 0 Å². The van der Waals surface area contributed by atoms with Gasteiger partial charge in [0.1, 0.15) is 23.5 Å². The number of carbonyl (C=O) groups is 1. The van der Waals surface area contributed by atoms with Crippen LogP contribution in [0.25, 0.3) is 16.6 Å². The van der Waals surface area contributed by atoms with E-state index in [2.05, 4.69) is 5.10 Å². The normalized spacial score (nSPS) is 13.1. The third kappa shape index (κ3) is 5.64. The molecule has 0 aliphatic rings. The Morgan fingerprint density at radius 2 is 1.67 bits per heavy atom. The highest BCUT2D eigenvalue weighted by Gasteiger charge is 2.40. The van der Waals surface area contributed by atoms with E-state index < -0.39 is 30.0 Å². The maximum Gasteiger partial charge on any atom is 0.471 e. The minimum absolute atomic E-state index is 0. The summed E-state index contributed by atoms with van der Waals surface area (Å²) in [4.78, 5) is 11.5. The molecule has 5 nitrogen and oxygen atoms in total. The predicted octanol–water partition coefficient (Wildman–Crippen LogP) is 6.44. The molecule has 2 atom stereocenters. The van der Waals surface area contributed by atoms with E-state index in [1.54, 1.807) is 48.1 Å². The number of benzene rings is 3. The summed E-state index contributed by atoms with van der Waals surface area (Å²) in [5.41, 5.74) is 2.20. The summed E-state index contributed by atoms with van der Waals surface area (Å²) in [7, 11) is 0. The first kappa shape index (κ1) is 26.7. The lowest BCUT2D eigenvalue weighted by molar-refractivity contribution is -0.174. The minimum atomic E-state index is -5.06. The molecule has 0 spiro atoms.